The van der Waals surface area contributed by atoms with E-state index in [1.165, 1.54) is 17.4 Å². The number of methoxy groups -OCH3 is 1. The molecule has 0 saturated heterocycles. The van der Waals surface area contributed by atoms with Crippen LogP contribution in [-0.4, -0.2) is 35.4 Å². The van der Waals surface area contributed by atoms with Gasteiger partial charge in [-0.15, -0.1) is 0 Å². The number of hydrogen-bond acceptors (Lipinski definition) is 6. The van der Waals surface area contributed by atoms with Crippen LogP contribution in [0, 0.1) is 12.8 Å². The smallest absolute Gasteiger partial charge is 0.277 e. The highest BCUT2D eigenvalue weighted by Gasteiger charge is 2.32. The lowest BCUT2D eigenvalue weighted by Gasteiger charge is -2.38. The number of oxazole rings is 1. The minimum atomic E-state index is -0.383. The van der Waals surface area contributed by atoms with Gasteiger partial charge in [0.05, 0.1) is 13.2 Å². The molecule has 2 heterocycles. The summed E-state index contributed by atoms with van der Waals surface area (Å²) in [6.45, 7) is 6.93. The third kappa shape index (κ3) is 6.60. The molecular weight excluding hydrogens is 518 g/mol. The normalized spacial score (nSPS) is 14.5. The average molecular weight is 554 g/mol. The number of nitrogens with one attached hydrogen (secondary N) is 1. The molecule has 8 nitrogen and oxygen atoms in total. The molecule has 1 N–H and O–H groups in total. The Morgan fingerprint density at radius 3 is 2.49 bits per heavy atom. The SMILES string of the molecule is COc1ccc(NC(=O)c2coc(COc3ccc4c(c3)C(c3ccc(C)cc3)N(C(=O)CC(C)C)CC4)n2)cc1. The number of aryl methyl sites for hydroxylation is 1. The second kappa shape index (κ2) is 12.3. The highest BCUT2D eigenvalue weighted by Crippen LogP contribution is 2.38. The van der Waals surface area contributed by atoms with E-state index in [0.29, 0.717) is 30.2 Å². The second-order valence-electron chi connectivity index (χ2n) is 10.7. The van der Waals surface area contributed by atoms with Crippen LogP contribution in [0.25, 0.3) is 0 Å². The van der Waals surface area contributed by atoms with E-state index in [4.69, 9.17) is 13.9 Å². The van der Waals surface area contributed by atoms with Crippen molar-refractivity contribution in [3.8, 4) is 11.5 Å². The van der Waals surface area contributed by atoms with Gasteiger partial charge in [-0.25, -0.2) is 4.98 Å². The van der Waals surface area contributed by atoms with Crippen LogP contribution in [0.1, 0.15) is 64.9 Å². The maximum absolute atomic E-state index is 13.3. The molecule has 1 aliphatic rings. The zero-order chi connectivity index (χ0) is 28.9. The van der Waals surface area contributed by atoms with Gasteiger partial charge in [-0.3, -0.25) is 9.59 Å². The third-order valence-electron chi connectivity index (χ3n) is 7.14. The van der Waals surface area contributed by atoms with Gasteiger partial charge in [0.2, 0.25) is 11.8 Å². The van der Waals surface area contributed by atoms with Crippen LogP contribution in [0.15, 0.2) is 77.4 Å². The van der Waals surface area contributed by atoms with Crippen LogP contribution < -0.4 is 14.8 Å². The first-order valence-corrected chi connectivity index (χ1v) is 13.8. The van der Waals surface area contributed by atoms with Gasteiger partial charge in [-0.1, -0.05) is 49.7 Å². The van der Waals surface area contributed by atoms with Crippen LogP contribution in [0.4, 0.5) is 5.69 Å². The highest BCUT2D eigenvalue weighted by atomic mass is 16.5. The highest BCUT2D eigenvalue weighted by molar-refractivity contribution is 6.02. The van der Waals surface area contributed by atoms with Gasteiger partial charge in [0.1, 0.15) is 17.8 Å². The largest absolute Gasteiger partial charge is 0.497 e. The van der Waals surface area contributed by atoms with Gasteiger partial charge in [0, 0.05) is 18.7 Å². The quantitative estimate of drug-likeness (QED) is 0.260. The van der Waals surface area contributed by atoms with Crippen molar-refractivity contribution in [3.05, 3.63) is 107 Å². The van der Waals surface area contributed by atoms with Crippen LogP contribution in [0.3, 0.4) is 0 Å². The zero-order valence-corrected chi connectivity index (χ0v) is 23.8. The van der Waals surface area contributed by atoms with Crippen molar-refractivity contribution in [2.75, 3.05) is 19.0 Å². The fraction of sp³-hybridized carbons (Fsp3) is 0.303. The Morgan fingerprint density at radius 1 is 1.05 bits per heavy atom. The summed E-state index contributed by atoms with van der Waals surface area (Å²) in [5, 5.41) is 2.79. The number of rotatable bonds is 9. The predicted molar refractivity (Wildman–Crippen MR) is 156 cm³/mol. The topological polar surface area (TPSA) is 93.9 Å². The first-order valence-electron chi connectivity index (χ1n) is 13.8. The number of nitrogens with zero attached hydrogens (tertiary/aromatic N) is 2. The molecule has 8 heteroatoms. The summed E-state index contributed by atoms with van der Waals surface area (Å²) in [5.41, 5.74) is 5.28. The van der Waals surface area contributed by atoms with Crippen molar-refractivity contribution in [2.45, 2.75) is 46.3 Å². The molecule has 212 valence electrons. The molecule has 5 rings (SSSR count). The summed E-state index contributed by atoms with van der Waals surface area (Å²) in [5.74, 6) is 1.68. The lowest BCUT2D eigenvalue weighted by atomic mass is 9.87. The van der Waals surface area contributed by atoms with Gasteiger partial charge >= 0.3 is 0 Å². The van der Waals surface area contributed by atoms with E-state index in [2.05, 4.69) is 61.4 Å². The number of ether oxygens (including phenoxy) is 2. The van der Waals surface area contributed by atoms with Crippen molar-refractivity contribution < 1.29 is 23.5 Å². The number of aromatic nitrogens is 1. The van der Waals surface area contributed by atoms with Crippen molar-refractivity contribution >= 4 is 17.5 Å². The lowest BCUT2D eigenvalue weighted by molar-refractivity contribution is -0.134. The molecule has 0 saturated carbocycles. The van der Waals surface area contributed by atoms with Crippen LogP contribution >= 0.6 is 0 Å². The lowest BCUT2D eigenvalue weighted by Crippen LogP contribution is -2.41. The van der Waals surface area contributed by atoms with E-state index in [1.54, 1.807) is 31.4 Å². The molecule has 1 unspecified atom stereocenters. The molecule has 0 spiro atoms. The maximum atomic E-state index is 13.3. The average Bonchev–Trinajstić information content (AvgIpc) is 3.45. The Bertz CT molecular complexity index is 1510. The molecule has 2 amide bonds. The first kappa shape index (κ1) is 28.0. The minimum absolute atomic E-state index is 0.0554. The van der Waals surface area contributed by atoms with Gasteiger partial charge in [0.25, 0.3) is 5.91 Å². The number of carbonyl (C=O) groups is 2. The number of carbonyl (C=O) groups excluding carboxylic acids is 2. The molecule has 1 aliphatic heterocycles. The Kier molecular flexibility index (Phi) is 8.38. The second-order valence-corrected chi connectivity index (χ2v) is 10.7. The molecule has 0 bridgehead atoms. The summed E-state index contributed by atoms with van der Waals surface area (Å²) >= 11 is 0. The fourth-order valence-corrected chi connectivity index (χ4v) is 5.02. The summed E-state index contributed by atoms with van der Waals surface area (Å²) in [6, 6.07) is 21.2. The van der Waals surface area contributed by atoms with Gasteiger partial charge in [0.15, 0.2) is 12.3 Å². The Balaban J connectivity index is 1.31. The van der Waals surface area contributed by atoms with E-state index in [-0.39, 0.29) is 42.0 Å². The molecular formula is C33H35N3O5. The van der Waals surface area contributed by atoms with Crippen molar-refractivity contribution in [3.63, 3.8) is 0 Å². The summed E-state index contributed by atoms with van der Waals surface area (Å²) in [6.07, 6.45) is 2.61. The number of fused-ring (bicyclic) bond motifs is 1. The van der Waals surface area contributed by atoms with Crippen molar-refractivity contribution in [1.82, 2.24) is 9.88 Å². The van der Waals surface area contributed by atoms with Gasteiger partial charge in [-0.2, -0.15) is 0 Å². The monoisotopic (exact) mass is 553 g/mol. The van der Waals surface area contributed by atoms with Gasteiger partial charge < -0.3 is 24.1 Å². The molecule has 4 aromatic rings. The standard InChI is InChI=1S/C33H35N3O5/c1-21(2)17-31(37)36-16-15-23-9-12-27(18-28(23)32(36)24-7-5-22(3)6-8-24)40-20-30-35-29(19-41-30)33(38)34-25-10-13-26(39-4)14-11-25/h5-14,18-19,21,32H,15-17,20H2,1-4H3,(H,34,38). The number of amides is 2. The summed E-state index contributed by atoms with van der Waals surface area (Å²) in [4.78, 5) is 32.2. The van der Waals surface area contributed by atoms with E-state index < -0.39 is 0 Å². The molecule has 0 fully saturated rings. The van der Waals surface area contributed by atoms with Crippen LogP contribution in [-0.2, 0) is 17.8 Å². The van der Waals surface area contributed by atoms with Crippen LogP contribution in [0.2, 0.25) is 0 Å². The summed E-state index contributed by atoms with van der Waals surface area (Å²) in [7, 11) is 1.59. The third-order valence-corrected chi connectivity index (χ3v) is 7.14. The minimum Gasteiger partial charge on any atom is -0.497 e. The Hall–Kier alpha value is -4.59. The Labute approximate surface area is 240 Å². The van der Waals surface area contributed by atoms with E-state index in [1.807, 2.05) is 17.0 Å². The molecule has 0 radical (unpaired) electrons. The van der Waals surface area contributed by atoms with Crippen molar-refractivity contribution in [1.29, 1.82) is 0 Å². The molecule has 1 aromatic heterocycles. The Morgan fingerprint density at radius 2 is 1.78 bits per heavy atom. The maximum Gasteiger partial charge on any atom is 0.277 e. The van der Waals surface area contributed by atoms with Crippen LogP contribution in [0.5, 0.6) is 11.5 Å². The van der Waals surface area contributed by atoms with E-state index in [9.17, 15) is 9.59 Å². The first-order chi connectivity index (χ1) is 19.8. The number of benzene rings is 3. The van der Waals surface area contributed by atoms with E-state index >= 15 is 0 Å². The molecule has 41 heavy (non-hydrogen) atoms. The van der Waals surface area contributed by atoms with Crippen molar-refractivity contribution in [2.24, 2.45) is 5.92 Å². The number of hydrogen-bond donors (Lipinski definition) is 1. The summed E-state index contributed by atoms with van der Waals surface area (Å²) < 4.78 is 16.7. The fourth-order valence-electron chi connectivity index (χ4n) is 5.02. The predicted octanol–water partition coefficient (Wildman–Crippen LogP) is 6.34. The van der Waals surface area contributed by atoms with Gasteiger partial charge in [-0.05, 0) is 72.4 Å². The number of anilines is 1. The molecule has 1 atom stereocenters. The molecule has 3 aromatic carbocycles. The van der Waals surface area contributed by atoms with E-state index in [0.717, 1.165) is 17.5 Å². The zero-order valence-electron chi connectivity index (χ0n) is 23.8. The molecule has 0 aliphatic carbocycles.